The van der Waals surface area contributed by atoms with E-state index in [4.69, 9.17) is 21.4 Å². The van der Waals surface area contributed by atoms with Gasteiger partial charge in [-0.05, 0) is 5.92 Å². The van der Waals surface area contributed by atoms with Crippen molar-refractivity contribution < 1.29 is 19.4 Å². The van der Waals surface area contributed by atoms with Crippen LogP contribution in [0.5, 0.6) is 0 Å². The minimum atomic E-state index is -0.926. The van der Waals surface area contributed by atoms with Gasteiger partial charge >= 0.3 is 12.1 Å². The molecular formula is C14H19ClN4O4. The highest BCUT2D eigenvalue weighted by Crippen LogP contribution is 2.33. The van der Waals surface area contributed by atoms with Gasteiger partial charge in [-0.3, -0.25) is 4.79 Å². The Kier molecular flexibility index (Phi) is 5.59. The third-order valence-electron chi connectivity index (χ3n) is 3.86. The number of anilines is 1. The summed E-state index contributed by atoms with van der Waals surface area (Å²) in [7, 11) is 1.34. The molecule has 1 saturated heterocycles. The molecule has 1 aromatic heterocycles. The Hall–Kier alpha value is -2.09. The van der Waals surface area contributed by atoms with Crippen molar-refractivity contribution in [1.29, 1.82) is 0 Å². The molecule has 1 aromatic rings. The molecule has 0 saturated carbocycles. The number of esters is 1. The normalized spacial score (nSPS) is 16.1. The van der Waals surface area contributed by atoms with Gasteiger partial charge in [0.15, 0.2) is 0 Å². The summed E-state index contributed by atoms with van der Waals surface area (Å²) < 4.78 is 4.70. The largest absolute Gasteiger partial charge is 0.469 e. The first-order valence-electron chi connectivity index (χ1n) is 7.24. The lowest BCUT2D eigenvalue weighted by atomic mass is 9.99. The van der Waals surface area contributed by atoms with Gasteiger partial charge in [-0.15, -0.1) is 0 Å². The molecule has 0 spiro atoms. The molecule has 1 fully saturated rings. The molecule has 0 aromatic carbocycles. The van der Waals surface area contributed by atoms with Gasteiger partial charge in [-0.2, -0.15) is 0 Å². The minimum absolute atomic E-state index is 0.172. The van der Waals surface area contributed by atoms with Gasteiger partial charge in [-0.25, -0.2) is 14.8 Å². The quantitative estimate of drug-likeness (QED) is 0.655. The number of aromatic nitrogens is 2. The van der Waals surface area contributed by atoms with Gasteiger partial charge in [0.1, 0.15) is 17.3 Å². The molecule has 0 bridgehead atoms. The lowest BCUT2D eigenvalue weighted by Crippen LogP contribution is -2.49. The first-order chi connectivity index (χ1) is 10.9. The maximum absolute atomic E-state index is 11.5. The maximum Gasteiger partial charge on any atom is 0.407 e. The highest BCUT2D eigenvalue weighted by molar-refractivity contribution is 6.30. The SMILES string of the molecule is COC(=O)CC(C)c1c(Cl)ncnc1N1CCN(C(=O)O)CC1. The van der Waals surface area contributed by atoms with Crippen molar-refractivity contribution in [2.45, 2.75) is 19.3 Å². The number of carboxylic acid groups (broad SMARTS) is 1. The van der Waals surface area contributed by atoms with Crippen LogP contribution in [0.1, 0.15) is 24.8 Å². The number of hydrogen-bond donors (Lipinski definition) is 1. The van der Waals surface area contributed by atoms with Crippen molar-refractivity contribution in [2.75, 3.05) is 38.2 Å². The molecular weight excluding hydrogens is 324 g/mol. The molecule has 1 aliphatic heterocycles. The number of ether oxygens (including phenoxy) is 1. The van der Waals surface area contributed by atoms with E-state index < -0.39 is 6.09 Å². The zero-order chi connectivity index (χ0) is 17.0. The summed E-state index contributed by atoms with van der Waals surface area (Å²) in [5.74, 6) is 0.106. The van der Waals surface area contributed by atoms with Crippen molar-refractivity contribution in [1.82, 2.24) is 14.9 Å². The van der Waals surface area contributed by atoms with Crippen molar-refractivity contribution in [3.63, 3.8) is 0 Å². The van der Waals surface area contributed by atoms with Crippen LogP contribution >= 0.6 is 11.6 Å². The highest BCUT2D eigenvalue weighted by atomic mass is 35.5. The molecule has 1 amide bonds. The molecule has 1 N–H and O–H groups in total. The van der Waals surface area contributed by atoms with Gasteiger partial charge in [0.2, 0.25) is 0 Å². The third-order valence-corrected chi connectivity index (χ3v) is 4.16. The van der Waals surface area contributed by atoms with Crippen molar-refractivity contribution >= 4 is 29.5 Å². The third kappa shape index (κ3) is 4.01. The van der Waals surface area contributed by atoms with E-state index in [1.165, 1.54) is 18.3 Å². The van der Waals surface area contributed by atoms with Crippen LogP contribution in [-0.4, -0.2) is 65.3 Å². The Labute approximate surface area is 139 Å². The number of methoxy groups -OCH3 is 1. The average Bonchev–Trinajstić information content (AvgIpc) is 2.54. The fourth-order valence-electron chi connectivity index (χ4n) is 2.59. The Balaban J connectivity index is 2.21. The number of carbonyl (C=O) groups is 2. The van der Waals surface area contributed by atoms with Crippen LogP contribution in [0, 0.1) is 0 Å². The fourth-order valence-corrected chi connectivity index (χ4v) is 2.90. The number of rotatable bonds is 4. The van der Waals surface area contributed by atoms with E-state index in [0.29, 0.717) is 42.7 Å². The van der Waals surface area contributed by atoms with Crippen LogP contribution in [0.3, 0.4) is 0 Å². The predicted octanol–water partition coefficient (Wildman–Crippen LogP) is 1.60. The highest BCUT2D eigenvalue weighted by Gasteiger charge is 2.27. The smallest absolute Gasteiger partial charge is 0.407 e. The van der Waals surface area contributed by atoms with E-state index in [9.17, 15) is 9.59 Å². The van der Waals surface area contributed by atoms with E-state index in [0.717, 1.165) is 0 Å². The average molecular weight is 343 g/mol. The summed E-state index contributed by atoms with van der Waals surface area (Å²) in [5, 5.41) is 9.32. The van der Waals surface area contributed by atoms with Gasteiger partial charge < -0.3 is 19.6 Å². The second-order valence-corrected chi connectivity index (χ2v) is 5.70. The summed E-state index contributed by atoms with van der Waals surface area (Å²) in [5.41, 5.74) is 0.684. The van der Waals surface area contributed by atoms with E-state index in [1.807, 2.05) is 11.8 Å². The standard InChI is InChI=1S/C14H19ClN4O4/c1-9(7-10(20)23-2)11-12(15)16-8-17-13(11)18-3-5-19(6-4-18)14(21)22/h8-9H,3-7H2,1-2H3,(H,21,22). The monoisotopic (exact) mass is 342 g/mol. The maximum atomic E-state index is 11.5. The molecule has 23 heavy (non-hydrogen) atoms. The number of piperazine rings is 1. The van der Waals surface area contributed by atoms with E-state index in [-0.39, 0.29) is 18.3 Å². The summed E-state index contributed by atoms with van der Waals surface area (Å²) in [6.07, 6.45) is 0.617. The summed E-state index contributed by atoms with van der Waals surface area (Å²) in [6.45, 7) is 3.66. The van der Waals surface area contributed by atoms with Crippen LogP contribution in [0.4, 0.5) is 10.6 Å². The molecule has 1 aliphatic rings. The summed E-state index contributed by atoms with van der Waals surface area (Å²) in [6, 6.07) is 0. The van der Waals surface area contributed by atoms with Gasteiger partial charge in [0, 0.05) is 31.7 Å². The zero-order valence-corrected chi connectivity index (χ0v) is 13.8. The predicted molar refractivity (Wildman–Crippen MR) is 83.9 cm³/mol. The molecule has 126 valence electrons. The first kappa shape index (κ1) is 17.3. The Morgan fingerprint density at radius 1 is 1.35 bits per heavy atom. The van der Waals surface area contributed by atoms with Crippen molar-refractivity contribution in [3.05, 3.63) is 17.0 Å². The van der Waals surface area contributed by atoms with Crippen LogP contribution < -0.4 is 4.90 Å². The summed E-state index contributed by atoms with van der Waals surface area (Å²) >= 11 is 6.21. The number of hydrogen-bond acceptors (Lipinski definition) is 6. The van der Waals surface area contributed by atoms with Crippen LogP contribution in [0.2, 0.25) is 5.15 Å². The number of amides is 1. The first-order valence-corrected chi connectivity index (χ1v) is 7.61. The number of halogens is 1. The lowest BCUT2D eigenvalue weighted by molar-refractivity contribution is -0.140. The second-order valence-electron chi connectivity index (χ2n) is 5.34. The molecule has 0 radical (unpaired) electrons. The Morgan fingerprint density at radius 2 is 2.00 bits per heavy atom. The minimum Gasteiger partial charge on any atom is -0.469 e. The van der Waals surface area contributed by atoms with Crippen LogP contribution in [0.15, 0.2) is 6.33 Å². The summed E-state index contributed by atoms with van der Waals surface area (Å²) in [4.78, 5) is 34.1. The Bertz CT molecular complexity index is 590. The zero-order valence-electron chi connectivity index (χ0n) is 13.0. The topological polar surface area (TPSA) is 95.9 Å². The molecule has 1 atom stereocenters. The number of nitrogens with zero attached hydrogens (tertiary/aromatic N) is 4. The lowest BCUT2D eigenvalue weighted by Gasteiger charge is -2.35. The fraction of sp³-hybridized carbons (Fsp3) is 0.571. The van der Waals surface area contributed by atoms with E-state index in [1.54, 1.807) is 0 Å². The molecule has 8 nitrogen and oxygen atoms in total. The van der Waals surface area contributed by atoms with Gasteiger partial charge in [-0.1, -0.05) is 18.5 Å². The molecule has 9 heteroatoms. The molecule has 2 rings (SSSR count). The molecule has 2 heterocycles. The van der Waals surface area contributed by atoms with Crippen molar-refractivity contribution in [2.24, 2.45) is 0 Å². The number of carbonyl (C=O) groups excluding carboxylic acids is 1. The van der Waals surface area contributed by atoms with Crippen molar-refractivity contribution in [3.8, 4) is 0 Å². The van der Waals surface area contributed by atoms with Gasteiger partial charge in [0.05, 0.1) is 13.5 Å². The molecule has 1 unspecified atom stereocenters. The van der Waals surface area contributed by atoms with Crippen LogP contribution in [0.25, 0.3) is 0 Å². The second kappa shape index (κ2) is 7.45. The molecule has 0 aliphatic carbocycles. The van der Waals surface area contributed by atoms with E-state index >= 15 is 0 Å². The van der Waals surface area contributed by atoms with Gasteiger partial charge in [0.25, 0.3) is 0 Å². The van der Waals surface area contributed by atoms with E-state index in [2.05, 4.69) is 9.97 Å². The van der Waals surface area contributed by atoms with Crippen LogP contribution in [-0.2, 0) is 9.53 Å². The Morgan fingerprint density at radius 3 is 2.57 bits per heavy atom.